The second kappa shape index (κ2) is 6.35. The molecule has 0 aromatic rings. The normalized spacial score (nSPS) is 48.3. The van der Waals surface area contributed by atoms with E-state index < -0.39 is 0 Å². The van der Waals surface area contributed by atoms with Gasteiger partial charge >= 0.3 is 11.9 Å². The van der Waals surface area contributed by atoms with Crippen molar-refractivity contribution >= 4 is 28.8 Å². The molecule has 4 fully saturated rings. The molecule has 5 aliphatic rings. The highest BCUT2D eigenvalue weighted by atomic mass is 32.2. The van der Waals surface area contributed by atoms with Crippen molar-refractivity contribution in [2.75, 3.05) is 6.61 Å². The average molecular weight is 419 g/mol. The summed E-state index contributed by atoms with van der Waals surface area (Å²) in [6.45, 7) is 6.68. The van der Waals surface area contributed by atoms with Crippen LogP contribution in [0.3, 0.4) is 0 Å². The van der Waals surface area contributed by atoms with Crippen molar-refractivity contribution in [2.45, 2.75) is 76.6 Å². The average Bonchev–Trinajstić information content (AvgIpc) is 3.17. The van der Waals surface area contributed by atoms with E-state index in [0.717, 1.165) is 44.1 Å². The lowest BCUT2D eigenvalue weighted by atomic mass is 9.47. The van der Waals surface area contributed by atoms with Gasteiger partial charge < -0.3 is 9.47 Å². The zero-order valence-corrected chi connectivity index (χ0v) is 18.3. The highest BCUT2D eigenvalue weighted by Crippen LogP contribution is 2.70. The fraction of sp³-hybridized carbons (Fsp3) is 0.783. The van der Waals surface area contributed by atoms with Gasteiger partial charge in [0.1, 0.15) is 12.2 Å². The number of esters is 2. The molecule has 0 radical (unpaired) electrons. The second-order valence-corrected chi connectivity index (χ2v) is 11.7. The standard InChI is InChI=1S/C23H30O5S/c1-13(24)29-17-10-14-11-19(26)27-12-21(14,2)15-4-7-22(3)16(20(15)17)5-8-23(22)9-6-18(25)28-23/h11,15-17,20H,4-10,12H2,1-3H3/t15-,16-,17+,20+,21-,22-,23+/m0/s1. The van der Waals surface area contributed by atoms with Crippen molar-refractivity contribution in [2.24, 2.45) is 28.6 Å². The fourth-order valence-corrected chi connectivity index (χ4v) is 8.96. The van der Waals surface area contributed by atoms with Crippen LogP contribution in [0.1, 0.15) is 65.7 Å². The van der Waals surface area contributed by atoms with Gasteiger partial charge in [0, 0.05) is 35.5 Å². The first-order valence-corrected chi connectivity index (χ1v) is 11.8. The summed E-state index contributed by atoms with van der Waals surface area (Å²) >= 11 is 1.46. The van der Waals surface area contributed by atoms with Crippen LogP contribution < -0.4 is 0 Å². The Balaban J connectivity index is 1.56. The van der Waals surface area contributed by atoms with E-state index in [2.05, 4.69) is 13.8 Å². The molecule has 0 amide bonds. The van der Waals surface area contributed by atoms with E-state index in [4.69, 9.17) is 9.47 Å². The lowest BCUT2D eigenvalue weighted by Gasteiger charge is -2.60. The minimum Gasteiger partial charge on any atom is -0.462 e. The van der Waals surface area contributed by atoms with Gasteiger partial charge in [-0.15, -0.1) is 0 Å². The maximum Gasteiger partial charge on any atom is 0.330 e. The summed E-state index contributed by atoms with van der Waals surface area (Å²) in [6, 6.07) is 0. The van der Waals surface area contributed by atoms with Crippen molar-refractivity contribution in [3.05, 3.63) is 11.6 Å². The molecular weight excluding hydrogens is 388 g/mol. The van der Waals surface area contributed by atoms with Gasteiger partial charge in [-0.2, -0.15) is 0 Å². The molecule has 3 aliphatic carbocycles. The van der Waals surface area contributed by atoms with Gasteiger partial charge in [-0.05, 0) is 56.3 Å². The Morgan fingerprint density at radius 3 is 2.59 bits per heavy atom. The third kappa shape index (κ3) is 2.63. The van der Waals surface area contributed by atoms with E-state index in [1.807, 2.05) is 0 Å². The predicted molar refractivity (Wildman–Crippen MR) is 109 cm³/mol. The molecule has 29 heavy (non-hydrogen) atoms. The van der Waals surface area contributed by atoms with Crippen LogP contribution in [-0.2, 0) is 23.9 Å². The van der Waals surface area contributed by atoms with Crippen molar-refractivity contribution in [3.63, 3.8) is 0 Å². The van der Waals surface area contributed by atoms with Crippen LogP contribution in [0.5, 0.6) is 0 Å². The van der Waals surface area contributed by atoms with Gasteiger partial charge in [0.15, 0.2) is 5.12 Å². The zero-order chi connectivity index (χ0) is 20.6. The number of rotatable bonds is 1. The highest BCUT2D eigenvalue weighted by molar-refractivity contribution is 8.14. The van der Waals surface area contributed by atoms with Gasteiger partial charge in [-0.25, -0.2) is 4.79 Å². The number of thioether (sulfide) groups is 1. The Morgan fingerprint density at radius 1 is 1.14 bits per heavy atom. The molecule has 0 aromatic heterocycles. The highest BCUT2D eigenvalue weighted by Gasteiger charge is 2.68. The monoisotopic (exact) mass is 418 g/mol. The van der Waals surface area contributed by atoms with Crippen molar-refractivity contribution in [3.8, 4) is 0 Å². The Bertz CT molecular complexity index is 820. The lowest BCUT2D eigenvalue weighted by Crippen LogP contribution is -2.58. The molecule has 5 nitrogen and oxygen atoms in total. The molecule has 3 saturated carbocycles. The molecule has 2 aliphatic heterocycles. The quantitative estimate of drug-likeness (QED) is 0.599. The van der Waals surface area contributed by atoms with Crippen LogP contribution in [0.25, 0.3) is 0 Å². The first-order valence-electron chi connectivity index (χ1n) is 11.0. The van der Waals surface area contributed by atoms with Gasteiger partial charge in [0.05, 0.1) is 0 Å². The Kier molecular flexibility index (Phi) is 4.30. The van der Waals surface area contributed by atoms with Crippen LogP contribution in [0.2, 0.25) is 0 Å². The molecule has 158 valence electrons. The number of carbonyl (C=O) groups excluding carboxylic acids is 3. The fourth-order valence-electron chi connectivity index (χ4n) is 7.74. The Hall–Kier alpha value is -1.30. The van der Waals surface area contributed by atoms with E-state index in [0.29, 0.717) is 30.8 Å². The molecular formula is C23H30O5S. The van der Waals surface area contributed by atoms with E-state index in [1.54, 1.807) is 13.0 Å². The summed E-state index contributed by atoms with van der Waals surface area (Å²) in [6.07, 6.45) is 7.87. The number of fused-ring (bicyclic) bond motifs is 6. The molecule has 6 heteroatoms. The first kappa shape index (κ1) is 19.7. The molecule has 0 bridgehead atoms. The summed E-state index contributed by atoms with van der Waals surface area (Å²) in [5, 5.41) is 0.322. The maximum atomic E-state index is 12.1. The summed E-state index contributed by atoms with van der Waals surface area (Å²) in [5.41, 5.74) is 0.674. The topological polar surface area (TPSA) is 69.7 Å². The molecule has 7 atom stereocenters. The minimum atomic E-state index is -0.318. The number of cyclic esters (lactones) is 1. The number of hydrogen-bond acceptors (Lipinski definition) is 6. The number of carbonyl (C=O) groups is 3. The molecule has 2 heterocycles. The van der Waals surface area contributed by atoms with Gasteiger partial charge in [-0.3, -0.25) is 9.59 Å². The lowest BCUT2D eigenvalue weighted by molar-refractivity contribution is -0.169. The van der Waals surface area contributed by atoms with Crippen molar-refractivity contribution in [1.29, 1.82) is 0 Å². The molecule has 1 spiro atoms. The smallest absolute Gasteiger partial charge is 0.330 e. The molecule has 0 aromatic carbocycles. The molecule has 0 N–H and O–H groups in total. The van der Waals surface area contributed by atoms with Crippen LogP contribution in [-0.4, -0.2) is 34.5 Å². The number of hydrogen-bond donors (Lipinski definition) is 0. The Morgan fingerprint density at radius 2 is 1.90 bits per heavy atom. The van der Waals surface area contributed by atoms with E-state index in [9.17, 15) is 14.4 Å². The second-order valence-electron chi connectivity index (χ2n) is 10.3. The SMILES string of the molecule is CC(=O)S[C@@H]1CC2=CC(=O)OC[C@]2(C)[C@H]2CC[C@@]3(C)[C@@H](CC[C@@]34CCC(=O)O4)[C@H]12. The van der Waals surface area contributed by atoms with Gasteiger partial charge in [0.2, 0.25) is 0 Å². The van der Waals surface area contributed by atoms with E-state index >= 15 is 0 Å². The maximum absolute atomic E-state index is 12.1. The number of ether oxygens (including phenoxy) is 2. The molecule has 5 rings (SSSR count). The van der Waals surface area contributed by atoms with Crippen molar-refractivity contribution < 1.29 is 23.9 Å². The van der Waals surface area contributed by atoms with Crippen LogP contribution >= 0.6 is 11.8 Å². The Labute approximate surface area is 176 Å². The van der Waals surface area contributed by atoms with Crippen LogP contribution in [0.15, 0.2) is 11.6 Å². The van der Waals surface area contributed by atoms with Crippen molar-refractivity contribution in [1.82, 2.24) is 0 Å². The van der Waals surface area contributed by atoms with Crippen LogP contribution in [0.4, 0.5) is 0 Å². The first-order chi connectivity index (χ1) is 13.7. The molecule has 1 saturated heterocycles. The summed E-state index contributed by atoms with van der Waals surface area (Å²) in [5.74, 6) is 0.891. The third-order valence-electron chi connectivity index (χ3n) is 9.19. The third-order valence-corrected chi connectivity index (χ3v) is 10.3. The minimum absolute atomic E-state index is 0.0289. The van der Waals surface area contributed by atoms with Gasteiger partial charge in [0.25, 0.3) is 0 Å². The van der Waals surface area contributed by atoms with E-state index in [-0.39, 0.29) is 38.7 Å². The van der Waals surface area contributed by atoms with Gasteiger partial charge in [-0.1, -0.05) is 31.2 Å². The predicted octanol–water partition coefficient (Wildman–Crippen LogP) is 4.05. The summed E-state index contributed by atoms with van der Waals surface area (Å²) in [7, 11) is 0. The summed E-state index contributed by atoms with van der Waals surface area (Å²) in [4.78, 5) is 36.2. The summed E-state index contributed by atoms with van der Waals surface area (Å²) < 4.78 is 11.5. The largest absolute Gasteiger partial charge is 0.462 e. The van der Waals surface area contributed by atoms with E-state index in [1.165, 1.54) is 11.8 Å². The molecule has 0 unspecified atom stereocenters. The zero-order valence-electron chi connectivity index (χ0n) is 17.5. The van der Waals surface area contributed by atoms with Crippen LogP contribution in [0, 0.1) is 28.6 Å².